The van der Waals surface area contributed by atoms with E-state index in [1.54, 1.807) is 4.90 Å². The third-order valence-electron chi connectivity index (χ3n) is 4.32. The minimum absolute atomic E-state index is 0. The number of carbonyl (C=O) groups excluding carboxylic acids is 1. The van der Waals surface area contributed by atoms with Crippen LogP contribution in [0.3, 0.4) is 0 Å². The molecule has 8 heteroatoms. The van der Waals surface area contributed by atoms with Crippen LogP contribution in [0.5, 0.6) is 0 Å². The van der Waals surface area contributed by atoms with E-state index in [0.29, 0.717) is 13.1 Å². The van der Waals surface area contributed by atoms with Crippen molar-refractivity contribution in [3.63, 3.8) is 0 Å². The van der Waals surface area contributed by atoms with Gasteiger partial charge in [-0.2, -0.15) is 0 Å². The van der Waals surface area contributed by atoms with E-state index in [0.717, 1.165) is 25.0 Å². The van der Waals surface area contributed by atoms with Gasteiger partial charge in [0.1, 0.15) is 5.82 Å². The Hall–Kier alpha value is -1.18. The molecule has 1 aromatic carbocycles. The van der Waals surface area contributed by atoms with Crippen LogP contribution in [-0.4, -0.2) is 50.7 Å². The summed E-state index contributed by atoms with van der Waals surface area (Å²) in [5, 5.41) is 2.32. The van der Waals surface area contributed by atoms with Gasteiger partial charge in [-0.3, -0.25) is 4.79 Å². The minimum Gasteiger partial charge on any atom is -0.341 e. The Labute approximate surface area is 148 Å². The van der Waals surface area contributed by atoms with Crippen LogP contribution in [0.2, 0.25) is 0 Å². The van der Waals surface area contributed by atoms with E-state index in [9.17, 15) is 17.6 Å². The average Bonchev–Trinajstić information content (AvgIpc) is 2.55. The zero-order chi connectivity index (χ0) is 17.0. The van der Waals surface area contributed by atoms with E-state index in [1.807, 2.05) is 7.05 Å². The molecule has 1 aliphatic heterocycles. The summed E-state index contributed by atoms with van der Waals surface area (Å²) in [6, 6.07) is 4.97. The topological polar surface area (TPSA) is 66.5 Å². The number of piperidine rings is 1. The van der Waals surface area contributed by atoms with Gasteiger partial charge in [0.25, 0.3) is 0 Å². The molecule has 1 heterocycles. The van der Waals surface area contributed by atoms with Crippen LogP contribution in [-0.2, 0) is 14.6 Å². The van der Waals surface area contributed by atoms with E-state index in [1.165, 1.54) is 19.1 Å². The number of rotatable bonds is 5. The van der Waals surface area contributed by atoms with Gasteiger partial charge in [-0.15, -0.1) is 12.4 Å². The number of amides is 1. The maximum Gasteiger partial charge on any atom is 0.223 e. The van der Waals surface area contributed by atoms with Crippen molar-refractivity contribution in [1.82, 2.24) is 10.2 Å². The Morgan fingerprint density at radius 1 is 1.38 bits per heavy atom. The van der Waals surface area contributed by atoms with Gasteiger partial charge in [0, 0.05) is 25.6 Å². The average molecular weight is 379 g/mol. The normalized spacial score (nSPS) is 19.5. The number of sulfone groups is 1. The molecule has 1 N–H and O–H groups in total. The van der Waals surface area contributed by atoms with Crippen LogP contribution in [0.25, 0.3) is 0 Å². The van der Waals surface area contributed by atoms with E-state index in [4.69, 9.17) is 0 Å². The molecule has 2 unspecified atom stereocenters. The van der Waals surface area contributed by atoms with Gasteiger partial charge >= 0.3 is 0 Å². The van der Waals surface area contributed by atoms with Crippen molar-refractivity contribution < 1.29 is 17.6 Å². The van der Waals surface area contributed by atoms with Gasteiger partial charge in [0.15, 0.2) is 9.84 Å². The molecule has 0 spiro atoms. The third-order valence-corrected chi connectivity index (χ3v) is 6.47. The van der Waals surface area contributed by atoms with Crippen LogP contribution < -0.4 is 5.32 Å². The summed E-state index contributed by atoms with van der Waals surface area (Å²) in [7, 11) is -1.78. The summed E-state index contributed by atoms with van der Waals surface area (Å²) in [4.78, 5) is 14.1. The fourth-order valence-corrected chi connectivity index (χ4v) is 4.12. The van der Waals surface area contributed by atoms with Crippen molar-refractivity contribution in [2.24, 2.45) is 0 Å². The van der Waals surface area contributed by atoms with Crippen molar-refractivity contribution in [3.8, 4) is 0 Å². The van der Waals surface area contributed by atoms with E-state index < -0.39 is 20.9 Å². The first kappa shape index (κ1) is 20.9. The second kappa shape index (κ2) is 8.78. The highest BCUT2D eigenvalue weighted by atomic mass is 35.5. The Morgan fingerprint density at radius 2 is 2.00 bits per heavy atom. The van der Waals surface area contributed by atoms with Crippen molar-refractivity contribution in [1.29, 1.82) is 0 Å². The molecule has 24 heavy (non-hydrogen) atoms. The first-order valence-electron chi connectivity index (χ1n) is 7.79. The van der Waals surface area contributed by atoms with E-state index in [2.05, 4.69) is 5.32 Å². The Kier molecular flexibility index (Phi) is 7.63. The van der Waals surface area contributed by atoms with Crippen molar-refractivity contribution in [2.75, 3.05) is 20.1 Å². The van der Waals surface area contributed by atoms with Crippen molar-refractivity contribution >= 4 is 28.2 Å². The number of benzene rings is 1. The fraction of sp³-hybridized carbons (Fsp3) is 0.562. The van der Waals surface area contributed by atoms with Crippen molar-refractivity contribution in [3.05, 3.63) is 30.1 Å². The second-order valence-electron chi connectivity index (χ2n) is 5.98. The first-order chi connectivity index (χ1) is 10.8. The molecule has 2 atom stereocenters. The smallest absolute Gasteiger partial charge is 0.223 e. The standard InChI is InChI=1S/C16H23FN2O3S.ClH/c1-12(23(21,22)15-7-5-13(17)6-8-15)10-16(20)19-9-3-4-14(11-19)18-2;/h5-8,12,14,18H,3-4,9-11H2,1-2H3;1H. The largest absolute Gasteiger partial charge is 0.341 e. The summed E-state index contributed by atoms with van der Waals surface area (Å²) in [6.45, 7) is 2.80. The molecule has 2 rings (SSSR count). The lowest BCUT2D eigenvalue weighted by atomic mass is 10.1. The van der Waals surface area contributed by atoms with Crippen LogP contribution >= 0.6 is 12.4 Å². The lowest BCUT2D eigenvalue weighted by Crippen LogP contribution is -2.47. The number of likely N-dealkylation sites (tertiary alicyclic amines) is 1. The number of halogens is 2. The molecule has 1 fully saturated rings. The van der Waals surface area contributed by atoms with Gasteiger partial charge in [-0.1, -0.05) is 0 Å². The first-order valence-corrected chi connectivity index (χ1v) is 9.33. The molecule has 0 bridgehead atoms. The van der Waals surface area contributed by atoms with Crippen LogP contribution in [0, 0.1) is 5.82 Å². The maximum absolute atomic E-state index is 12.9. The van der Waals surface area contributed by atoms with Crippen molar-refractivity contribution in [2.45, 2.75) is 42.4 Å². The van der Waals surface area contributed by atoms with Gasteiger partial charge in [-0.05, 0) is 51.1 Å². The zero-order valence-electron chi connectivity index (χ0n) is 13.9. The minimum atomic E-state index is -3.64. The molecule has 0 saturated carbocycles. The molecule has 0 aliphatic carbocycles. The summed E-state index contributed by atoms with van der Waals surface area (Å²) in [5.74, 6) is -0.637. The van der Waals surface area contributed by atoms with E-state index >= 15 is 0 Å². The molecule has 1 amide bonds. The van der Waals surface area contributed by atoms with Crippen LogP contribution in [0.15, 0.2) is 29.2 Å². The van der Waals surface area contributed by atoms with Gasteiger partial charge in [-0.25, -0.2) is 12.8 Å². The second-order valence-corrected chi connectivity index (χ2v) is 8.35. The predicted octanol–water partition coefficient (Wildman–Crippen LogP) is 2.01. The maximum atomic E-state index is 12.9. The predicted molar refractivity (Wildman–Crippen MR) is 93.6 cm³/mol. The number of nitrogens with one attached hydrogen (secondary N) is 1. The molecule has 0 radical (unpaired) electrons. The molecule has 1 aliphatic rings. The zero-order valence-corrected chi connectivity index (χ0v) is 15.5. The third kappa shape index (κ3) is 4.91. The van der Waals surface area contributed by atoms with Crippen LogP contribution in [0.1, 0.15) is 26.2 Å². The molecule has 1 saturated heterocycles. The fourth-order valence-electron chi connectivity index (χ4n) is 2.78. The highest BCUT2D eigenvalue weighted by Gasteiger charge is 2.29. The number of carbonyl (C=O) groups is 1. The monoisotopic (exact) mass is 378 g/mol. The lowest BCUT2D eigenvalue weighted by molar-refractivity contribution is -0.132. The number of hydrogen-bond acceptors (Lipinski definition) is 4. The summed E-state index contributed by atoms with van der Waals surface area (Å²) >= 11 is 0. The summed E-state index contributed by atoms with van der Waals surface area (Å²) in [6.07, 6.45) is 1.87. The Balaban J connectivity index is 0.00000288. The summed E-state index contributed by atoms with van der Waals surface area (Å²) in [5.41, 5.74) is 0. The Bertz CT molecular complexity index is 652. The quantitative estimate of drug-likeness (QED) is 0.796. The Morgan fingerprint density at radius 3 is 2.58 bits per heavy atom. The SMILES string of the molecule is CNC1CCCN(C(=O)CC(C)S(=O)(=O)c2ccc(F)cc2)C1.Cl. The summed E-state index contributed by atoms with van der Waals surface area (Å²) < 4.78 is 37.9. The highest BCUT2D eigenvalue weighted by molar-refractivity contribution is 7.92. The lowest BCUT2D eigenvalue weighted by Gasteiger charge is -2.33. The van der Waals surface area contributed by atoms with Gasteiger partial charge < -0.3 is 10.2 Å². The molecular formula is C16H24ClFN2O3S. The molecule has 0 aromatic heterocycles. The van der Waals surface area contributed by atoms with Gasteiger partial charge in [0.2, 0.25) is 5.91 Å². The number of likely N-dealkylation sites (N-methyl/N-ethyl adjacent to an activating group) is 1. The number of nitrogens with zero attached hydrogens (tertiary/aromatic N) is 1. The molecule has 5 nitrogen and oxygen atoms in total. The molecule has 1 aromatic rings. The molecular weight excluding hydrogens is 355 g/mol. The number of hydrogen-bond donors (Lipinski definition) is 1. The van der Waals surface area contributed by atoms with Gasteiger partial charge in [0.05, 0.1) is 10.1 Å². The van der Waals surface area contributed by atoms with Crippen LogP contribution in [0.4, 0.5) is 4.39 Å². The highest BCUT2D eigenvalue weighted by Crippen LogP contribution is 2.20. The van der Waals surface area contributed by atoms with E-state index in [-0.39, 0.29) is 35.7 Å². The molecule has 136 valence electrons.